The number of ether oxygens (including phenoxy) is 3. The Morgan fingerprint density at radius 2 is 0.506 bits per heavy atom. The lowest BCUT2D eigenvalue weighted by Crippen LogP contribution is -2.30. The largest absolute Gasteiger partial charge is 0.462 e. The van der Waals surface area contributed by atoms with E-state index in [0.29, 0.717) is 19.3 Å². The highest BCUT2D eigenvalue weighted by Crippen LogP contribution is 2.17. The van der Waals surface area contributed by atoms with Gasteiger partial charge in [-0.3, -0.25) is 14.4 Å². The Kier molecular flexibility index (Phi) is 64.8. The summed E-state index contributed by atoms with van der Waals surface area (Å²) in [5.74, 6) is -1.03. The molecule has 0 radical (unpaired) electrons. The third kappa shape index (κ3) is 66.5. The molecule has 0 aromatic carbocycles. The minimum absolute atomic E-state index is 0.114. The lowest BCUT2D eigenvalue weighted by Gasteiger charge is -2.18. The van der Waals surface area contributed by atoms with Gasteiger partial charge in [0.15, 0.2) is 6.10 Å². The van der Waals surface area contributed by atoms with Gasteiger partial charge < -0.3 is 14.2 Å². The van der Waals surface area contributed by atoms with Crippen molar-refractivity contribution in [3.8, 4) is 0 Å². The zero-order valence-electron chi connectivity index (χ0n) is 53.0. The fourth-order valence-corrected chi connectivity index (χ4v) is 9.42. The maximum Gasteiger partial charge on any atom is 0.306 e. The molecular weight excluding hydrogens is 997 g/mol. The first kappa shape index (κ1) is 76.8. The summed E-state index contributed by atoms with van der Waals surface area (Å²) in [4.78, 5) is 38.3. The first-order valence-electron chi connectivity index (χ1n) is 34.0. The van der Waals surface area contributed by atoms with E-state index in [-0.39, 0.29) is 44.0 Å². The predicted molar refractivity (Wildman–Crippen MR) is 353 cm³/mol. The number of allylic oxidation sites excluding steroid dienone is 20. The van der Waals surface area contributed by atoms with Crippen LogP contribution in [0, 0.1) is 0 Å². The summed E-state index contributed by atoms with van der Waals surface area (Å²) in [5, 5.41) is 0. The van der Waals surface area contributed by atoms with Crippen LogP contribution in [0.5, 0.6) is 0 Å². The predicted octanol–water partition coefficient (Wildman–Crippen LogP) is 23.6. The average Bonchev–Trinajstić information content (AvgIpc) is 3.46. The van der Waals surface area contributed by atoms with Gasteiger partial charge in [-0.15, -0.1) is 0 Å². The molecule has 0 fully saturated rings. The van der Waals surface area contributed by atoms with Gasteiger partial charge in [0, 0.05) is 19.3 Å². The van der Waals surface area contributed by atoms with Crippen molar-refractivity contribution in [3.05, 3.63) is 122 Å². The van der Waals surface area contributed by atoms with Crippen LogP contribution in [0.3, 0.4) is 0 Å². The fourth-order valence-electron chi connectivity index (χ4n) is 9.42. The SMILES string of the molecule is CC/C=C\C/C=C\C/C=C\C/C=C\C/C=C\CCCCCC(=O)OC(COC(=O)CC/C=C\C/C=C\C/C=C\C/C=C\CC)COC(=O)CCCCCCCCCCCCCCCCCCCCC/C=C\CCCCCCCCCC. The Morgan fingerprint density at radius 1 is 0.259 bits per heavy atom. The molecule has 0 rings (SSSR count). The smallest absolute Gasteiger partial charge is 0.306 e. The van der Waals surface area contributed by atoms with Gasteiger partial charge in [-0.25, -0.2) is 0 Å². The van der Waals surface area contributed by atoms with E-state index in [4.69, 9.17) is 14.2 Å². The molecule has 81 heavy (non-hydrogen) atoms. The van der Waals surface area contributed by atoms with Gasteiger partial charge >= 0.3 is 17.9 Å². The van der Waals surface area contributed by atoms with Crippen LogP contribution in [0.1, 0.15) is 316 Å². The van der Waals surface area contributed by atoms with E-state index in [1.54, 1.807) is 0 Å². The van der Waals surface area contributed by atoms with Gasteiger partial charge in [-0.1, -0.05) is 303 Å². The Balaban J connectivity index is 4.27. The molecule has 0 N–H and O–H groups in total. The molecule has 462 valence electrons. The first-order valence-corrected chi connectivity index (χ1v) is 34.0. The molecule has 0 saturated heterocycles. The van der Waals surface area contributed by atoms with Gasteiger partial charge in [0.2, 0.25) is 0 Å². The molecule has 0 amide bonds. The molecule has 1 unspecified atom stereocenters. The molecular formula is C75H126O6. The third-order valence-corrected chi connectivity index (χ3v) is 14.4. The summed E-state index contributed by atoms with van der Waals surface area (Å²) in [5.41, 5.74) is 0. The van der Waals surface area contributed by atoms with Crippen molar-refractivity contribution in [1.82, 2.24) is 0 Å². The summed E-state index contributed by atoms with van der Waals surface area (Å²) in [6.45, 7) is 6.34. The van der Waals surface area contributed by atoms with E-state index in [0.717, 1.165) is 96.3 Å². The third-order valence-electron chi connectivity index (χ3n) is 14.4. The molecule has 0 saturated carbocycles. The lowest BCUT2D eigenvalue weighted by molar-refractivity contribution is -0.166. The van der Waals surface area contributed by atoms with Crippen molar-refractivity contribution in [2.45, 2.75) is 322 Å². The number of hydrogen-bond acceptors (Lipinski definition) is 6. The quantitative estimate of drug-likeness (QED) is 0.0261. The molecule has 1 atom stereocenters. The van der Waals surface area contributed by atoms with Crippen LogP contribution in [0.15, 0.2) is 122 Å². The average molecular weight is 1120 g/mol. The maximum atomic E-state index is 12.9. The summed E-state index contributed by atoms with van der Waals surface area (Å²) < 4.78 is 16.8. The molecule has 0 aliphatic carbocycles. The molecule has 0 spiro atoms. The standard InChI is InChI=1S/C75H126O6/c1-4-7-10-13-16-19-22-25-27-29-31-32-33-34-35-36-37-38-39-40-41-42-44-45-47-50-53-56-59-62-65-68-74(77)80-71-72(70-79-73(76)67-64-61-58-55-52-49-24-21-18-15-12-9-6-3)81-75(78)69-66-63-60-57-54-51-48-46-43-30-28-26-23-20-17-14-11-8-5-2/h8-9,11-12,17-18,20-21,26,28-29,31,43,46,49,51-52,54,58,61,72H,4-7,10,13-16,19,22-25,27,30,32-42,44-45,47-48,50,53,55-57,59-60,62-71H2,1-3H3/b11-8-,12-9-,20-17-,21-18-,28-26-,31-29-,46-43-,52-49-,54-51-,61-58-. The second-order valence-electron chi connectivity index (χ2n) is 22.3. The minimum Gasteiger partial charge on any atom is -0.462 e. The normalized spacial score (nSPS) is 12.9. The zero-order valence-corrected chi connectivity index (χ0v) is 53.0. The summed E-state index contributed by atoms with van der Waals surface area (Å²) in [6, 6.07) is 0. The molecule has 6 nitrogen and oxygen atoms in total. The van der Waals surface area contributed by atoms with Crippen molar-refractivity contribution in [3.63, 3.8) is 0 Å². The summed E-state index contributed by atoms with van der Waals surface area (Å²) >= 11 is 0. The van der Waals surface area contributed by atoms with Crippen molar-refractivity contribution in [2.75, 3.05) is 13.2 Å². The first-order chi connectivity index (χ1) is 40.0. The Morgan fingerprint density at radius 3 is 0.852 bits per heavy atom. The van der Waals surface area contributed by atoms with Gasteiger partial charge in [-0.05, 0) is 116 Å². The molecule has 0 heterocycles. The molecule has 6 heteroatoms. The zero-order chi connectivity index (χ0) is 58.5. The van der Waals surface area contributed by atoms with Gasteiger partial charge in [0.25, 0.3) is 0 Å². The Hall–Kier alpha value is -4.19. The fraction of sp³-hybridized carbons (Fsp3) is 0.693. The van der Waals surface area contributed by atoms with Gasteiger partial charge in [-0.2, -0.15) is 0 Å². The van der Waals surface area contributed by atoms with E-state index in [2.05, 4.69) is 136 Å². The van der Waals surface area contributed by atoms with Crippen LogP contribution in [0.2, 0.25) is 0 Å². The molecule has 0 aliphatic rings. The molecule has 0 aromatic heterocycles. The van der Waals surface area contributed by atoms with E-state index in [1.165, 1.54) is 167 Å². The number of hydrogen-bond donors (Lipinski definition) is 0. The van der Waals surface area contributed by atoms with Gasteiger partial charge in [0.05, 0.1) is 0 Å². The number of carbonyl (C=O) groups is 3. The van der Waals surface area contributed by atoms with Crippen molar-refractivity contribution < 1.29 is 28.6 Å². The highest BCUT2D eigenvalue weighted by molar-refractivity contribution is 5.71. The van der Waals surface area contributed by atoms with Crippen LogP contribution in [0.4, 0.5) is 0 Å². The maximum absolute atomic E-state index is 12.9. The van der Waals surface area contributed by atoms with Crippen molar-refractivity contribution in [2.24, 2.45) is 0 Å². The van der Waals surface area contributed by atoms with E-state index in [1.807, 2.05) is 6.08 Å². The van der Waals surface area contributed by atoms with Crippen molar-refractivity contribution in [1.29, 1.82) is 0 Å². The Labute approximate surface area is 501 Å². The van der Waals surface area contributed by atoms with Crippen molar-refractivity contribution >= 4 is 17.9 Å². The molecule has 0 bridgehead atoms. The summed E-state index contributed by atoms with van der Waals surface area (Å²) in [6.07, 6.45) is 95.4. The topological polar surface area (TPSA) is 78.9 Å². The van der Waals surface area contributed by atoms with Crippen LogP contribution in [0.25, 0.3) is 0 Å². The van der Waals surface area contributed by atoms with Crippen LogP contribution in [-0.4, -0.2) is 37.2 Å². The monoisotopic (exact) mass is 1120 g/mol. The van der Waals surface area contributed by atoms with Gasteiger partial charge in [0.1, 0.15) is 13.2 Å². The summed E-state index contributed by atoms with van der Waals surface area (Å²) in [7, 11) is 0. The number of rotatable bonds is 61. The number of carbonyl (C=O) groups excluding carboxylic acids is 3. The Bertz CT molecular complexity index is 1670. The highest BCUT2D eigenvalue weighted by atomic mass is 16.6. The minimum atomic E-state index is -0.828. The number of esters is 3. The number of unbranched alkanes of at least 4 members (excludes halogenated alkanes) is 30. The molecule has 0 aliphatic heterocycles. The van der Waals surface area contributed by atoms with E-state index >= 15 is 0 Å². The highest BCUT2D eigenvalue weighted by Gasteiger charge is 2.19. The molecule has 0 aromatic rings. The second-order valence-corrected chi connectivity index (χ2v) is 22.3. The van der Waals surface area contributed by atoms with E-state index in [9.17, 15) is 14.4 Å². The van der Waals surface area contributed by atoms with Crippen LogP contribution in [-0.2, 0) is 28.6 Å². The van der Waals surface area contributed by atoms with E-state index < -0.39 is 6.10 Å². The van der Waals surface area contributed by atoms with Crippen LogP contribution < -0.4 is 0 Å². The van der Waals surface area contributed by atoms with Crippen LogP contribution >= 0.6 is 0 Å². The second kappa shape index (κ2) is 68.3. The lowest BCUT2D eigenvalue weighted by atomic mass is 10.0.